The van der Waals surface area contributed by atoms with Crippen LogP contribution in [0.2, 0.25) is 10.0 Å². The quantitative estimate of drug-likeness (QED) is 0.247. The molecule has 1 aliphatic heterocycles. The van der Waals surface area contributed by atoms with E-state index in [0.29, 0.717) is 11.4 Å². The molecule has 2 N–H and O–H groups in total. The lowest BCUT2D eigenvalue weighted by Gasteiger charge is -2.36. The van der Waals surface area contributed by atoms with Gasteiger partial charge in [-0.1, -0.05) is 36.7 Å². The molecular weight excluding hydrogens is 582 g/mol. The van der Waals surface area contributed by atoms with Crippen molar-refractivity contribution in [2.24, 2.45) is 0 Å². The van der Waals surface area contributed by atoms with Gasteiger partial charge in [0.25, 0.3) is 0 Å². The molecule has 9 nitrogen and oxygen atoms in total. The number of anilines is 4. The van der Waals surface area contributed by atoms with Gasteiger partial charge in [-0.2, -0.15) is 0 Å². The van der Waals surface area contributed by atoms with Crippen molar-refractivity contribution in [1.82, 2.24) is 14.9 Å². The van der Waals surface area contributed by atoms with Crippen molar-refractivity contribution < 1.29 is 18.7 Å². The minimum atomic E-state index is -0.664. The lowest BCUT2D eigenvalue weighted by molar-refractivity contribution is -0.111. The van der Waals surface area contributed by atoms with Crippen molar-refractivity contribution in [3.05, 3.63) is 70.0 Å². The van der Waals surface area contributed by atoms with Crippen molar-refractivity contribution in [2.75, 3.05) is 62.5 Å². The van der Waals surface area contributed by atoms with Gasteiger partial charge in [-0.05, 0) is 43.3 Å². The van der Waals surface area contributed by atoms with E-state index >= 15 is 4.39 Å². The van der Waals surface area contributed by atoms with E-state index in [1.54, 1.807) is 0 Å². The van der Waals surface area contributed by atoms with Gasteiger partial charge in [0.15, 0.2) is 0 Å². The summed E-state index contributed by atoms with van der Waals surface area (Å²) in [6.45, 7) is 12.4. The molecule has 0 saturated carbocycles. The van der Waals surface area contributed by atoms with Crippen LogP contribution in [-0.2, 0) is 4.79 Å². The van der Waals surface area contributed by atoms with Gasteiger partial charge in [-0.15, -0.1) is 0 Å². The molecular formula is C30H33Cl2FN6O3. The molecule has 0 atom stereocenters. The Balaban J connectivity index is 1.60. The monoisotopic (exact) mass is 614 g/mol. The fourth-order valence-corrected chi connectivity index (χ4v) is 5.20. The molecule has 1 aromatic heterocycles. The van der Waals surface area contributed by atoms with Crippen molar-refractivity contribution in [3.63, 3.8) is 0 Å². The summed E-state index contributed by atoms with van der Waals surface area (Å²) in [6.07, 6.45) is 5.05. The Hall–Kier alpha value is -3.86. The van der Waals surface area contributed by atoms with E-state index in [-0.39, 0.29) is 44.5 Å². The van der Waals surface area contributed by atoms with Gasteiger partial charge >= 0.3 is 0 Å². The highest BCUT2D eigenvalue weighted by molar-refractivity contribution is 6.39. The van der Waals surface area contributed by atoms with Crippen molar-refractivity contribution in [3.8, 4) is 11.5 Å². The molecule has 2 heterocycles. The number of benzene rings is 2. The zero-order valence-corrected chi connectivity index (χ0v) is 25.4. The number of hydrogen-bond donors (Lipinski definition) is 2. The first-order valence-corrected chi connectivity index (χ1v) is 14.1. The molecule has 1 aliphatic rings. The lowest BCUT2D eigenvalue weighted by Crippen LogP contribution is -2.46. The molecule has 0 radical (unpaired) electrons. The third kappa shape index (κ3) is 6.95. The van der Waals surface area contributed by atoms with E-state index in [4.69, 9.17) is 32.7 Å². The Morgan fingerprint density at radius 1 is 1.07 bits per heavy atom. The van der Waals surface area contributed by atoms with Gasteiger partial charge in [0, 0.05) is 61.5 Å². The summed E-state index contributed by atoms with van der Waals surface area (Å²) in [5.74, 6) is -0.218. The summed E-state index contributed by atoms with van der Waals surface area (Å²) in [4.78, 5) is 25.6. The Morgan fingerprint density at radius 2 is 1.69 bits per heavy atom. The number of methoxy groups -OCH3 is 2. The largest absolute Gasteiger partial charge is 0.495 e. The molecule has 12 heteroatoms. The predicted octanol–water partition coefficient (Wildman–Crippen LogP) is 6.59. The molecule has 0 unspecified atom stereocenters. The van der Waals surface area contributed by atoms with Crippen molar-refractivity contribution >= 4 is 64.0 Å². The number of ether oxygens (including phenoxy) is 2. The number of nitrogens with one attached hydrogen (secondary N) is 2. The summed E-state index contributed by atoms with van der Waals surface area (Å²) >= 11 is 12.8. The molecule has 0 bridgehead atoms. The van der Waals surface area contributed by atoms with Gasteiger partial charge in [0.05, 0.1) is 35.6 Å². The minimum absolute atomic E-state index is 0.105. The second kappa shape index (κ2) is 13.9. The number of amides is 1. The summed E-state index contributed by atoms with van der Waals surface area (Å²) in [5, 5.41) is 6.32. The summed E-state index contributed by atoms with van der Waals surface area (Å²) in [7, 11) is 2.88. The number of carbonyl (C=O) groups excluding carboxylic acids is 1. The number of aromatic nitrogens is 2. The topological polar surface area (TPSA) is 91.9 Å². The normalized spacial score (nSPS) is 14.0. The Labute approximate surface area is 254 Å². The van der Waals surface area contributed by atoms with Crippen LogP contribution in [0, 0.1) is 6.92 Å². The molecule has 1 fully saturated rings. The van der Waals surface area contributed by atoms with Gasteiger partial charge in [-0.25, -0.2) is 14.4 Å². The molecule has 0 aliphatic carbocycles. The minimum Gasteiger partial charge on any atom is -0.495 e. The fraction of sp³-hybridized carbons (Fsp3) is 0.300. The number of carbonyl (C=O) groups is 1. The van der Waals surface area contributed by atoms with E-state index in [1.807, 2.05) is 13.0 Å². The highest BCUT2D eigenvalue weighted by Crippen LogP contribution is 2.42. The van der Waals surface area contributed by atoms with Crippen LogP contribution in [0.4, 0.5) is 27.4 Å². The van der Waals surface area contributed by atoms with Crippen LogP contribution in [0.3, 0.4) is 0 Å². The predicted molar refractivity (Wildman–Crippen MR) is 168 cm³/mol. The number of halogens is 3. The van der Waals surface area contributed by atoms with E-state index in [0.717, 1.165) is 44.0 Å². The molecule has 2 aromatic carbocycles. The van der Waals surface area contributed by atoms with Crippen LogP contribution in [-0.4, -0.2) is 67.7 Å². The second-order valence-corrected chi connectivity index (χ2v) is 10.3. The zero-order valence-electron chi connectivity index (χ0n) is 23.9. The van der Waals surface area contributed by atoms with Crippen LogP contribution in [0.25, 0.3) is 11.9 Å². The first-order valence-electron chi connectivity index (χ1n) is 13.3. The number of hydrogen-bond acceptors (Lipinski definition) is 8. The summed E-state index contributed by atoms with van der Waals surface area (Å²) in [5.41, 5.74) is 3.36. The first kappa shape index (κ1) is 31.1. The van der Waals surface area contributed by atoms with Gasteiger partial charge in [0.1, 0.15) is 17.3 Å². The molecule has 4 rings (SSSR count). The molecule has 1 saturated heterocycles. The highest BCUT2D eigenvalue weighted by Gasteiger charge is 2.20. The third-order valence-electron chi connectivity index (χ3n) is 6.99. The van der Waals surface area contributed by atoms with Crippen LogP contribution in [0.5, 0.6) is 11.5 Å². The molecule has 1 amide bonds. The standard InChI is InChI=1S/C30H33Cl2FN6O3/c1-6-26(40)36-23-13-20(39-10-8-38(7-2)9-11-39)12-18(3)29(23)37-30-34-16-19(17-35-30)22(33)14-21-27(31)24(41-4)15-25(42-5)28(21)32/h6,12-17H,1,7-11H2,2-5H3,(H,36,40)(H,34,35,37)/b22-14-. The Bertz CT molecular complexity index is 1460. The Kier molecular flexibility index (Phi) is 10.3. The summed E-state index contributed by atoms with van der Waals surface area (Å²) < 4.78 is 25.8. The number of nitrogens with zero attached hydrogens (tertiary/aromatic N) is 4. The maximum Gasteiger partial charge on any atom is 0.247 e. The number of likely N-dealkylation sites (N-methyl/N-ethyl adjacent to an activating group) is 1. The van der Waals surface area contributed by atoms with Gasteiger partial charge in [0.2, 0.25) is 11.9 Å². The average molecular weight is 616 g/mol. The van der Waals surface area contributed by atoms with E-state index < -0.39 is 5.83 Å². The van der Waals surface area contributed by atoms with Crippen LogP contribution < -0.4 is 25.0 Å². The maximum absolute atomic E-state index is 15.3. The fourth-order valence-electron chi connectivity index (χ4n) is 4.59. The first-order chi connectivity index (χ1) is 20.2. The number of piperazine rings is 1. The second-order valence-electron chi connectivity index (χ2n) is 9.54. The third-order valence-corrected chi connectivity index (χ3v) is 7.77. The average Bonchev–Trinajstić information content (AvgIpc) is 3.01. The SMILES string of the molecule is C=CC(=O)Nc1cc(N2CCN(CC)CC2)cc(C)c1Nc1ncc(/C(F)=C/c2c(Cl)c(OC)cc(OC)c2Cl)cn1. The molecule has 222 valence electrons. The van der Waals surface area contributed by atoms with E-state index in [2.05, 4.69) is 50.0 Å². The molecule has 0 spiro atoms. The van der Waals surface area contributed by atoms with E-state index in [9.17, 15) is 4.79 Å². The highest BCUT2D eigenvalue weighted by atomic mass is 35.5. The van der Waals surface area contributed by atoms with Crippen molar-refractivity contribution in [2.45, 2.75) is 13.8 Å². The zero-order chi connectivity index (χ0) is 30.4. The smallest absolute Gasteiger partial charge is 0.247 e. The van der Waals surface area contributed by atoms with Crippen LogP contribution in [0.1, 0.15) is 23.6 Å². The Morgan fingerprint density at radius 3 is 2.24 bits per heavy atom. The summed E-state index contributed by atoms with van der Waals surface area (Å²) in [6, 6.07) is 5.50. The van der Waals surface area contributed by atoms with Crippen LogP contribution in [0.15, 0.2) is 43.2 Å². The van der Waals surface area contributed by atoms with Gasteiger partial charge in [-0.3, -0.25) is 4.79 Å². The number of aryl methyl sites for hydroxylation is 1. The molecule has 3 aromatic rings. The maximum atomic E-state index is 15.3. The molecule has 42 heavy (non-hydrogen) atoms. The van der Waals surface area contributed by atoms with Crippen LogP contribution >= 0.6 is 23.2 Å². The van der Waals surface area contributed by atoms with E-state index in [1.165, 1.54) is 44.8 Å². The number of rotatable bonds is 10. The lowest BCUT2D eigenvalue weighted by atomic mass is 10.1. The van der Waals surface area contributed by atoms with Gasteiger partial charge < -0.3 is 29.9 Å². The van der Waals surface area contributed by atoms with Crippen molar-refractivity contribution in [1.29, 1.82) is 0 Å².